The van der Waals surface area contributed by atoms with E-state index in [0.29, 0.717) is 13.2 Å². The first-order chi connectivity index (χ1) is 8.65. The number of aliphatic imine (C=N–C) groups is 1. The summed E-state index contributed by atoms with van der Waals surface area (Å²) in [6.07, 6.45) is 0. The minimum atomic E-state index is -0.687. The van der Waals surface area contributed by atoms with Crippen molar-refractivity contribution in [2.45, 2.75) is 6.92 Å². The van der Waals surface area contributed by atoms with Gasteiger partial charge in [0.1, 0.15) is 12.4 Å². The Labute approximate surface area is 104 Å². The van der Waals surface area contributed by atoms with E-state index in [0.717, 1.165) is 11.3 Å². The van der Waals surface area contributed by atoms with Crippen molar-refractivity contribution in [2.24, 2.45) is 4.99 Å². The van der Waals surface area contributed by atoms with Crippen LogP contribution in [0.4, 0.5) is 0 Å². The molecule has 0 unspecified atom stereocenters. The van der Waals surface area contributed by atoms with Crippen LogP contribution in [0.1, 0.15) is 5.56 Å². The van der Waals surface area contributed by atoms with E-state index in [1.54, 1.807) is 0 Å². The molecule has 18 heavy (non-hydrogen) atoms. The molecular formula is C12H13N3O3. The summed E-state index contributed by atoms with van der Waals surface area (Å²) in [7, 11) is 0. The van der Waals surface area contributed by atoms with Crippen LogP contribution in [-0.2, 0) is 9.59 Å². The second-order valence-electron chi connectivity index (χ2n) is 3.80. The average molecular weight is 247 g/mol. The molecule has 1 heterocycles. The molecule has 2 N–H and O–H groups in total. The zero-order valence-corrected chi connectivity index (χ0v) is 9.90. The lowest BCUT2D eigenvalue weighted by molar-refractivity contribution is -0.135. The van der Waals surface area contributed by atoms with Gasteiger partial charge in [0, 0.05) is 0 Å². The van der Waals surface area contributed by atoms with Gasteiger partial charge in [0.25, 0.3) is 0 Å². The van der Waals surface area contributed by atoms with Crippen molar-refractivity contribution in [1.82, 2.24) is 10.6 Å². The highest BCUT2D eigenvalue weighted by Gasteiger charge is 2.24. The standard InChI is InChI=1S/C12H13N3O3/c1-8-3-2-4-9(7-8)18-6-5-13-12-14-10(16)11(17)15-12/h2-4,7H,5-6H2,1H3,(H2,13,14,15,16,17). The lowest BCUT2D eigenvalue weighted by atomic mass is 10.2. The van der Waals surface area contributed by atoms with Crippen LogP contribution in [0.2, 0.25) is 0 Å². The highest BCUT2D eigenvalue weighted by atomic mass is 16.5. The maximum atomic E-state index is 10.8. The van der Waals surface area contributed by atoms with Gasteiger partial charge in [0.2, 0.25) is 5.96 Å². The molecule has 6 heteroatoms. The summed E-state index contributed by atoms with van der Waals surface area (Å²) < 4.78 is 5.47. The number of benzene rings is 1. The Kier molecular flexibility index (Phi) is 3.57. The largest absolute Gasteiger partial charge is 0.492 e. The van der Waals surface area contributed by atoms with E-state index in [9.17, 15) is 9.59 Å². The molecule has 6 nitrogen and oxygen atoms in total. The van der Waals surface area contributed by atoms with Crippen LogP contribution in [-0.4, -0.2) is 30.9 Å². The fraction of sp³-hybridized carbons (Fsp3) is 0.250. The van der Waals surface area contributed by atoms with Crippen molar-refractivity contribution in [2.75, 3.05) is 13.2 Å². The van der Waals surface area contributed by atoms with E-state index in [-0.39, 0.29) is 5.96 Å². The molecule has 1 aromatic rings. The maximum Gasteiger partial charge on any atom is 0.316 e. The Balaban J connectivity index is 1.78. The van der Waals surface area contributed by atoms with E-state index in [1.165, 1.54) is 0 Å². The van der Waals surface area contributed by atoms with Crippen molar-refractivity contribution in [3.63, 3.8) is 0 Å². The van der Waals surface area contributed by atoms with Gasteiger partial charge in [-0.1, -0.05) is 12.1 Å². The summed E-state index contributed by atoms with van der Waals surface area (Å²) in [6, 6.07) is 7.68. The predicted octanol–water partition coefficient (Wildman–Crippen LogP) is -0.0242. The first kappa shape index (κ1) is 12.1. The maximum absolute atomic E-state index is 10.8. The number of hydrogen-bond donors (Lipinski definition) is 2. The normalized spacial score (nSPS) is 14.2. The molecule has 0 aromatic heterocycles. The number of amides is 2. The SMILES string of the molecule is Cc1cccc(OCCN=C2NC(=O)C(=O)N2)c1. The van der Waals surface area contributed by atoms with Gasteiger partial charge in [0.15, 0.2) is 0 Å². The number of carbonyl (C=O) groups is 2. The van der Waals surface area contributed by atoms with E-state index < -0.39 is 11.8 Å². The lowest BCUT2D eigenvalue weighted by Gasteiger charge is -2.05. The Morgan fingerprint density at radius 1 is 1.22 bits per heavy atom. The molecule has 1 aliphatic heterocycles. The van der Waals surface area contributed by atoms with E-state index in [1.807, 2.05) is 31.2 Å². The number of hydrogen-bond acceptors (Lipinski definition) is 4. The number of nitrogens with zero attached hydrogens (tertiary/aromatic N) is 1. The van der Waals surface area contributed by atoms with Crippen LogP contribution in [0.25, 0.3) is 0 Å². The van der Waals surface area contributed by atoms with Gasteiger partial charge in [-0.05, 0) is 24.6 Å². The van der Waals surface area contributed by atoms with E-state index >= 15 is 0 Å². The summed E-state index contributed by atoms with van der Waals surface area (Å²) in [5.41, 5.74) is 1.12. The lowest BCUT2D eigenvalue weighted by Crippen LogP contribution is -2.26. The average Bonchev–Trinajstić information content (AvgIpc) is 2.65. The van der Waals surface area contributed by atoms with Gasteiger partial charge in [-0.15, -0.1) is 0 Å². The number of carbonyl (C=O) groups excluding carboxylic acids is 2. The molecule has 1 aliphatic rings. The topological polar surface area (TPSA) is 79.8 Å². The van der Waals surface area contributed by atoms with Gasteiger partial charge in [-0.25, -0.2) is 4.99 Å². The quantitative estimate of drug-likeness (QED) is 0.579. The summed E-state index contributed by atoms with van der Waals surface area (Å²) in [4.78, 5) is 25.7. The number of nitrogens with one attached hydrogen (secondary N) is 2. The molecule has 2 rings (SSSR count). The van der Waals surface area contributed by atoms with Gasteiger partial charge >= 0.3 is 11.8 Å². The third-order valence-electron chi connectivity index (χ3n) is 2.29. The van der Waals surface area contributed by atoms with Crippen molar-refractivity contribution in [3.8, 4) is 5.75 Å². The molecule has 0 bridgehead atoms. The minimum absolute atomic E-state index is 0.179. The minimum Gasteiger partial charge on any atom is -0.492 e. The second-order valence-corrected chi connectivity index (χ2v) is 3.80. The third-order valence-corrected chi connectivity index (χ3v) is 2.29. The number of guanidine groups is 1. The zero-order chi connectivity index (χ0) is 13.0. The molecular weight excluding hydrogens is 234 g/mol. The second kappa shape index (κ2) is 5.31. The fourth-order valence-electron chi connectivity index (χ4n) is 1.46. The number of rotatable bonds is 4. The molecule has 1 fully saturated rings. The van der Waals surface area contributed by atoms with Crippen LogP contribution in [0.15, 0.2) is 29.3 Å². The third kappa shape index (κ3) is 3.07. The van der Waals surface area contributed by atoms with Gasteiger partial charge in [-0.3, -0.25) is 20.2 Å². The zero-order valence-electron chi connectivity index (χ0n) is 9.90. The predicted molar refractivity (Wildman–Crippen MR) is 65.3 cm³/mol. The van der Waals surface area contributed by atoms with Crippen molar-refractivity contribution in [1.29, 1.82) is 0 Å². The molecule has 1 saturated heterocycles. The monoisotopic (exact) mass is 247 g/mol. The van der Waals surface area contributed by atoms with Crippen molar-refractivity contribution < 1.29 is 14.3 Å². The van der Waals surface area contributed by atoms with Crippen LogP contribution in [0.3, 0.4) is 0 Å². The summed E-state index contributed by atoms with van der Waals surface area (Å²) >= 11 is 0. The van der Waals surface area contributed by atoms with Crippen LogP contribution in [0, 0.1) is 6.92 Å². The van der Waals surface area contributed by atoms with Gasteiger partial charge < -0.3 is 4.74 Å². The molecule has 0 atom stereocenters. The van der Waals surface area contributed by atoms with Crippen molar-refractivity contribution in [3.05, 3.63) is 29.8 Å². The number of ether oxygens (including phenoxy) is 1. The Morgan fingerprint density at radius 2 is 1.94 bits per heavy atom. The van der Waals surface area contributed by atoms with E-state index in [2.05, 4.69) is 15.6 Å². The van der Waals surface area contributed by atoms with Gasteiger partial charge in [0.05, 0.1) is 6.54 Å². The van der Waals surface area contributed by atoms with Crippen molar-refractivity contribution >= 4 is 17.8 Å². The molecule has 0 radical (unpaired) electrons. The van der Waals surface area contributed by atoms with Crippen LogP contribution in [0.5, 0.6) is 5.75 Å². The highest BCUT2D eigenvalue weighted by molar-refractivity contribution is 6.45. The smallest absolute Gasteiger partial charge is 0.316 e. The Hall–Kier alpha value is -2.37. The van der Waals surface area contributed by atoms with Gasteiger partial charge in [-0.2, -0.15) is 0 Å². The summed E-state index contributed by atoms with van der Waals surface area (Å²) in [6.45, 7) is 2.71. The first-order valence-electron chi connectivity index (χ1n) is 5.51. The molecule has 1 aromatic carbocycles. The van der Waals surface area contributed by atoms with Crippen LogP contribution < -0.4 is 15.4 Å². The molecule has 94 valence electrons. The van der Waals surface area contributed by atoms with Crippen LogP contribution >= 0.6 is 0 Å². The Bertz CT molecular complexity index is 493. The highest BCUT2D eigenvalue weighted by Crippen LogP contribution is 2.11. The summed E-state index contributed by atoms with van der Waals surface area (Å²) in [5.74, 6) is -0.422. The Morgan fingerprint density at radius 3 is 2.61 bits per heavy atom. The molecule has 0 saturated carbocycles. The molecule has 0 aliphatic carbocycles. The fourth-order valence-corrected chi connectivity index (χ4v) is 1.46. The van der Waals surface area contributed by atoms with E-state index in [4.69, 9.17) is 4.74 Å². The first-order valence-corrected chi connectivity index (χ1v) is 5.51. The summed E-state index contributed by atoms with van der Waals surface area (Å²) in [5, 5.41) is 4.61. The molecule has 2 amide bonds. The number of aryl methyl sites for hydroxylation is 1. The molecule has 0 spiro atoms.